The smallest absolute Gasteiger partial charge is 0.450 e. The summed E-state index contributed by atoms with van der Waals surface area (Å²) < 4.78 is 0. The van der Waals surface area contributed by atoms with Gasteiger partial charge in [-0.2, -0.15) is 0 Å². The first-order chi connectivity index (χ1) is 1.73. The molecule has 0 aromatic heterocycles. The van der Waals surface area contributed by atoms with E-state index in [2.05, 4.69) is 0 Å². The van der Waals surface area contributed by atoms with Gasteiger partial charge < -0.3 is 10.2 Å². The third kappa shape index (κ3) is 172. The summed E-state index contributed by atoms with van der Waals surface area (Å²) in [6.07, 6.45) is -1.83. The van der Waals surface area contributed by atoms with Crippen LogP contribution >= 0.6 is 0 Å². The molecule has 0 aromatic rings. The molecule has 0 aliphatic carbocycles. The molecule has 0 saturated heterocycles. The summed E-state index contributed by atoms with van der Waals surface area (Å²) in [6.45, 7) is 0. The molecular formula is CH2NiO3Zn2. The Morgan fingerprint density at radius 3 is 1.14 bits per heavy atom. The van der Waals surface area contributed by atoms with E-state index >= 15 is 0 Å². The van der Waals surface area contributed by atoms with E-state index in [1.807, 2.05) is 0 Å². The monoisotopic (exact) mass is 248 g/mol. The van der Waals surface area contributed by atoms with E-state index in [0.29, 0.717) is 0 Å². The van der Waals surface area contributed by atoms with Crippen molar-refractivity contribution in [2.45, 2.75) is 0 Å². The van der Waals surface area contributed by atoms with Gasteiger partial charge in [-0.15, -0.1) is 0 Å². The zero-order chi connectivity index (χ0) is 3.58. The van der Waals surface area contributed by atoms with Crippen molar-refractivity contribution in [1.82, 2.24) is 0 Å². The first-order valence-corrected chi connectivity index (χ1v) is 0.651. The molecule has 6 heteroatoms. The van der Waals surface area contributed by atoms with Crippen LogP contribution in [0.5, 0.6) is 0 Å². The molecule has 0 rings (SSSR count). The molecule has 0 heterocycles. The third-order valence-corrected chi connectivity index (χ3v) is 0. The minimum Gasteiger partial charge on any atom is -0.450 e. The first kappa shape index (κ1) is 24.5. The summed E-state index contributed by atoms with van der Waals surface area (Å²) in [4.78, 5) is 8.56. The molecule has 2 N–H and O–H groups in total. The number of hydrogen-bond acceptors (Lipinski definition) is 1. The second-order valence-corrected chi connectivity index (χ2v) is 0.283. The first-order valence-electron chi connectivity index (χ1n) is 0.651. The number of hydrogen-bond donors (Lipinski definition) is 2. The van der Waals surface area contributed by atoms with Crippen LogP contribution in [0.4, 0.5) is 4.79 Å². The average molecular weight is 251 g/mol. The molecule has 0 saturated carbocycles. The maximum atomic E-state index is 8.56. The Hall–Kier alpha value is 1.01. The van der Waals surface area contributed by atoms with Gasteiger partial charge in [0, 0.05) is 55.4 Å². The molecule has 38 valence electrons. The molecule has 7 heavy (non-hydrogen) atoms. The van der Waals surface area contributed by atoms with Crippen molar-refractivity contribution < 1.29 is 70.5 Å². The fourth-order valence-corrected chi connectivity index (χ4v) is 0. The van der Waals surface area contributed by atoms with E-state index in [0.717, 1.165) is 0 Å². The van der Waals surface area contributed by atoms with Crippen LogP contribution in [0.3, 0.4) is 0 Å². The van der Waals surface area contributed by atoms with Gasteiger partial charge in [0.25, 0.3) is 0 Å². The van der Waals surface area contributed by atoms with Gasteiger partial charge in [0.05, 0.1) is 0 Å². The van der Waals surface area contributed by atoms with E-state index in [-0.39, 0.29) is 55.4 Å². The van der Waals surface area contributed by atoms with Gasteiger partial charge in [-0.1, -0.05) is 0 Å². The SMILES string of the molecule is O=C(O)O.[Ni].[Zn].[Zn]. The van der Waals surface area contributed by atoms with Crippen LogP contribution in [0.15, 0.2) is 0 Å². The normalized spacial score (nSPS) is 3.43. The van der Waals surface area contributed by atoms with E-state index in [9.17, 15) is 0 Å². The van der Waals surface area contributed by atoms with Crippen molar-refractivity contribution in [2.24, 2.45) is 0 Å². The number of carbonyl (C=O) groups is 1. The Morgan fingerprint density at radius 1 is 1.14 bits per heavy atom. The van der Waals surface area contributed by atoms with Crippen molar-refractivity contribution in [3.63, 3.8) is 0 Å². The predicted molar refractivity (Wildman–Crippen MR) is 10.7 cm³/mol. The summed E-state index contributed by atoms with van der Waals surface area (Å²) in [5.74, 6) is 0. The Bertz CT molecular complexity index is 35.9. The van der Waals surface area contributed by atoms with Crippen LogP contribution in [0, 0.1) is 0 Å². The standard InChI is InChI=1S/CH2O3.Ni.2Zn/c2-1(3)4;;;/h(H2,2,3,4);;;. The zero-order valence-corrected chi connectivity index (χ0v) is 10.5. The van der Waals surface area contributed by atoms with E-state index in [1.165, 1.54) is 0 Å². The maximum absolute atomic E-state index is 8.56. The van der Waals surface area contributed by atoms with Crippen LogP contribution in [0.1, 0.15) is 0 Å². The Kier molecular flexibility index (Phi) is 55.1. The van der Waals surface area contributed by atoms with Gasteiger partial charge in [0.1, 0.15) is 0 Å². The van der Waals surface area contributed by atoms with Gasteiger partial charge in [-0.05, 0) is 0 Å². The molecule has 0 bridgehead atoms. The van der Waals surface area contributed by atoms with Crippen LogP contribution in [0.2, 0.25) is 0 Å². The molecule has 0 amide bonds. The summed E-state index contributed by atoms with van der Waals surface area (Å²) in [5, 5.41) is 13.9. The number of rotatable bonds is 0. The van der Waals surface area contributed by atoms with Crippen molar-refractivity contribution >= 4 is 6.16 Å². The summed E-state index contributed by atoms with van der Waals surface area (Å²) in [5.41, 5.74) is 0. The fraction of sp³-hybridized carbons (Fsp3) is 0. The third-order valence-electron chi connectivity index (χ3n) is 0. The van der Waals surface area contributed by atoms with Gasteiger partial charge in [-0.25, -0.2) is 4.79 Å². The van der Waals surface area contributed by atoms with Crippen molar-refractivity contribution in [3.05, 3.63) is 0 Å². The van der Waals surface area contributed by atoms with E-state index in [1.54, 1.807) is 0 Å². The molecule has 3 nitrogen and oxygen atoms in total. The van der Waals surface area contributed by atoms with Crippen LogP contribution < -0.4 is 0 Å². The Balaban J connectivity index is -0.0000000150. The molecule has 0 radical (unpaired) electrons. The van der Waals surface area contributed by atoms with E-state index in [4.69, 9.17) is 15.0 Å². The summed E-state index contributed by atoms with van der Waals surface area (Å²) in [6, 6.07) is 0. The Morgan fingerprint density at radius 2 is 1.14 bits per heavy atom. The second kappa shape index (κ2) is 15.7. The molecule has 0 aliphatic heterocycles. The predicted octanol–water partition coefficient (Wildman–Crippen LogP) is 0.215. The maximum Gasteiger partial charge on any atom is 0.503 e. The molecular weight excluding hydrogens is 249 g/mol. The van der Waals surface area contributed by atoms with Gasteiger partial charge in [0.2, 0.25) is 0 Å². The van der Waals surface area contributed by atoms with E-state index < -0.39 is 6.16 Å². The van der Waals surface area contributed by atoms with Crippen LogP contribution in [-0.4, -0.2) is 16.4 Å². The quantitative estimate of drug-likeness (QED) is 0.605. The average Bonchev–Trinajstić information content (AvgIpc) is 0.811. The summed E-state index contributed by atoms with van der Waals surface area (Å²) >= 11 is 0. The van der Waals surface area contributed by atoms with Gasteiger partial charge in [0.15, 0.2) is 0 Å². The molecule has 0 spiro atoms. The van der Waals surface area contributed by atoms with Gasteiger partial charge >= 0.3 is 6.16 Å². The minimum absolute atomic E-state index is 0. The van der Waals surface area contributed by atoms with Crippen molar-refractivity contribution in [2.75, 3.05) is 0 Å². The van der Waals surface area contributed by atoms with Crippen molar-refractivity contribution in [1.29, 1.82) is 0 Å². The molecule has 0 fully saturated rings. The zero-order valence-electron chi connectivity index (χ0n) is 3.53. The number of carboxylic acid groups (broad SMARTS) is 2. The fourth-order valence-electron chi connectivity index (χ4n) is 0. The van der Waals surface area contributed by atoms with Gasteiger partial charge in [-0.3, -0.25) is 0 Å². The largest absolute Gasteiger partial charge is 0.503 e. The molecule has 0 atom stereocenters. The Labute approximate surface area is 76.3 Å². The molecule has 0 aromatic carbocycles. The van der Waals surface area contributed by atoms with Crippen molar-refractivity contribution in [3.8, 4) is 0 Å². The second-order valence-electron chi connectivity index (χ2n) is 0.283. The minimum atomic E-state index is -1.83. The van der Waals surface area contributed by atoms with Crippen LogP contribution in [0.25, 0.3) is 0 Å². The summed E-state index contributed by atoms with van der Waals surface area (Å²) in [7, 11) is 0. The molecule has 0 unspecified atom stereocenters. The van der Waals surface area contributed by atoms with Crippen LogP contribution in [-0.2, 0) is 55.4 Å². The molecule has 0 aliphatic rings. The topological polar surface area (TPSA) is 57.5 Å².